The maximum Gasteiger partial charge on any atom is 0.0975 e. The van der Waals surface area contributed by atoms with Gasteiger partial charge in [-0.3, -0.25) is 4.90 Å². The average Bonchev–Trinajstić information content (AvgIpc) is 1.92. The van der Waals surface area contributed by atoms with Crippen LogP contribution in [0, 0.1) is 5.41 Å². The molecule has 0 amide bonds. The predicted octanol–water partition coefficient (Wildman–Crippen LogP) is 0.216. The zero-order valence-electron chi connectivity index (χ0n) is 8.29. The lowest BCUT2D eigenvalue weighted by molar-refractivity contribution is -0.107. The number of nitrogens with zero attached hydrogens (tertiary/aromatic N) is 1. The van der Waals surface area contributed by atoms with Crippen molar-refractivity contribution in [3.63, 3.8) is 0 Å². The highest BCUT2D eigenvalue weighted by Gasteiger charge is 2.48. The molecule has 0 aromatic heterocycles. The topological polar surface area (TPSA) is 43.7 Å². The molecule has 3 nitrogen and oxygen atoms in total. The molecule has 1 aliphatic carbocycles. The largest absolute Gasteiger partial charge is 0.393 e. The van der Waals surface area contributed by atoms with Gasteiger partial charge in [-0.05, 0) is 25.2 Å². The lowest BCUT2D eigenvalue weighted by Gasteiger charge is -2.57. The van der Waals surface area contributed by atoms with Crippen LogP contribution in [0.5, 0.6) is 0 Å². The second-order valence-electron chi connectivity index (χ2n) is 5.15. The first-order chi connectivity index (χ1) is 6.05. The highest BCUT2D eigenvalue weighted by atomic mass is 16.3. The third-order valence-electron chi connectivity index (χ3n) is 3.44. The summed E-state index contributed by atoms with van der Waals surface area (Å²) in [5.74, 6) is 0. The van der Waals surface area contributed by atoms with Crippen LogP contribution in [0.25, 0.3) is 0 Å². The first-order valence-electron chi connectivity index (χ1n) is 5.11. The van der Waals surface area contributed by atoms with Gasteiger partial charge in [0.05, 0.1) is 12.2 Å². The summed E-state index contributed by atoms with van der Waals surface area (Å²) in [6.45, 7) is 4.42. The summed E-state index contributed by atoms with van der Waals surface area (Å²) in [6.07, 6.45) is 4.11. The SMILES string of the molecule is CC(O)(CO)CN1CC2(CCC2)C1. The number of β-amino-alcohol motifs (C(OH)–C–C–N with tert-alkyl or cyclic N) is 1. The Morgan fingerprint density at radius 1 is 1.38 bits per heavy atom. The van der Waals surface area contributed by atoms with Gasteiger partial charge < -0.3 is 10.2 Å². The monoisotopic (exact) mass is 185 g/mol. The van der Waals surface area contributed by atoms with E-state index >= 15 is 0 Å². The molecule has 76 valence electrons. The molecule has 1 heterocycles. The molecule has 2 fully saturated rings. The molecule has 0 aromatic carbocycles. The van der Waals surface area contributed by atoms with Gasteiger partial charge in [-0.15, -0.1) is 0 Å². The van der Waals surface area contributed by atoms with Gasteiger partial charge in [-0.25, -0.2) is 0 Å². The second kappa shape index (κ2) is 2.94. The zero-order chi connectivity index (χ0) is 9.53. The Kier molecular flexibility index (Phi) is 2.13. The summed E-state index contributed by atoms with van der Waals surface area (Å²) in [4.78, 5) is 2.25. The van der Waals surface area contributed by atoms with Crippen molar-refractivity contribution >= 4 is 0 Å². The Morgan fingerprint density at radius 3 is 2.38 bits per heavy atom. The maximum absolute atomic E-state index is 9.63. The Bertz CT molecular complexity index is 191. The van der Waals surface area contributed by atoms with Crippen molar-refractivity contribution in [3.8, 4) is 0 Å². The fourth-order valence-corrected chi connectivity index (χ4v) is 2.54. The lowest BCUT2D eigenvalue weighted by Crippen LogP contribution is -2.62. The van der Waals surface area contributed by atoms with Crippen LogP contribution in [-0.4, -0.2) is 47.0 Å². The van der Waals surface area contributed by atoms with E-state index in [1.807, 2.05) is 0 Å². The Balaban J connectivity index is 1.74. The molecule has 0 aromatic rings. The average molecular weight is 185 g/mol. The molecule has 1 saturated heterocycles. The normalized spacial score (nSPS) is 30.7. The zero-order valence-corrected chi connectivity index (χ0v) is 8.29. The van der Waals surface area contributed by atoms with E-state index in [0.29, 0.717) is 12.0 Å². The van der Waals surface area contributed by atoms with Crippen molar-refractivity contribution in [2.24, 2.45) is 5.41 Å². The standard InChI is InChI=1S/C10H19NO2/c1-9(13,8-12)5-11-6-10(7-11)3-2-4-10/h12-13H,2-8H2,1H3. The van der Waals surface area contributed by atoms with Gasteiger partial charge in [-0.2, -0.15) is 0 Å². The van der Waals surface area contributed by atoms with E-state index in [2.05, 4.69) is 4.90 Å². The fourth-order valence-electron chi connectivity index (χ4n) is 2.54. The van der Waals surface area contributed by atoms with Crippen LogP contribution in [0.2, 0.25) is 0 Å². The van der Waals surface area contributed by atoms with Gasteiger partial charge in [0.25, 0.3) is 0 Å². The van der Waals surface area contributed by atoms with Crippen LogP contribution < -0.4 is 0 Å². The van der Waals surface area contributed by atoms with Crippen molar-refractivity contribution in [1.29, 1.82) is 0 Å². The summed E-state index contributed by atoms with van der Waals surface area (Å²) >= 11 is 0. The van der Waals surface area contributed by atoms with Gasteiger partial charge in [0, 0.05) is 19.6 Å². The van der Waals surface area contributed by atoms with Crippen molar-refractivity contribution in [3.05, 3.63) is 0 Å². The van der Waals surface area contributed by atoms with Crippen molar-refractivity contribution < 1.29 is 10.2 Å². The Morgan fingerprint density at radius 2 is 2.00 bits per heavy atom. The number of aliphatic hydroxyl groups excluding tert-OH is 1. The number of rotatable bonds is 3. The molecule has 1 spiro atoms. The minimum absolute atomic E-state index is 0.142. The van der Waals surface area contributed by atoms with E-state index in [-0.39, 0.29) is 6.61 Å². The highest BCUT2D eigenvalue weighted by Crippen LogP contribution is 2.48. The lowest BCUT2D eigenvalue weighted by atomic mass is 9.63. The molecule has 2 aliphatic rings. The third-order valence-corrected chi connectivity index (χ3v) is 3.44. The van der Waals surface area contributed by atoms with Crippen LogP contribution in [0.1, 0.15) is 26.2 Å². The molecule has 2 rings (SSSR count). The number of hydrogen-bond donors (Lipinski definition) is 2. The van der Waals surface area contributed by atoms with E-state index in [1.165, 1.54) is 19.3 Å². The molecule has 3 heteroatoms. The van der Waals surface area contributed by atoms with E-state index < -0.39 is 5.60 Å². The summed E-state index contributed by atoms with van der Waals surface area (Å²) in [5, 5.41) is 18.5. The minimum Gasteiger partial charge on any atom is -0.393 e. The van der Waals surface area contributed by atoms with Gasteiger partial charge >= 0.3 is 0 Å². The van der Waals surface area contributed by atoms with Crippen LogP contribution >= 0.6 is 0 Å². The number of hydrogen-bond acceptors (Lipinski definition) is 3. The van der Waals surface area contributed by atoms with E-state index in [0.717, 1.165) is 13.1 Å². The van der Waals surface area contributed by atoms with Crippen molar-refractivity contribution in [2.75, 3.05) is 26.2 Å². The molecule has 0 bridgehead atoms. The minimum atomic E-state index is -0.911. The van der Waals surface area contributed by atoms with Gasteiger partial charge in [0.15, 0.2) is 0 Å². The van der Waals surface area contributed by atoms with Gasteiger partial charge in [0.1, 0.15) is 0 Å². The summed E-state index contributed by atoms with van der Waals surface area (Å²) in [6, 6.07) is 0. The molecule has 0 radical (unpaired) electrons. The molecule has 2 N–H and O–H groups in total. The Labute approximate surface area is 79.4 Å². The Hall–Kier alpha value is -0.120. The molecule has 1 saturated carbocycles. The van der Waals surface area contributed by atoms with E-state index in [1.54, 1.807) is 6.92 Å². The van der Waals surface area contributed by atoms with E-state index in [9.17, 15) is 5.11 Å². The quantitative estimate of drug-likeness (QED) is 0.661. The van der Waals surface area contributed by atoms with Crippen LogP contribution in [0.3, 0.4) is 0 Å². The molecule has 1 unspecified atom stereocenters. The van der Waals surface area contributed by atoms with Gasteiger partial charge in [0.2, 0.25) is 0 Å². The third kappa shape index (κ3) is 1.73. The summed E-state index contributed by atoms with van der Waals surface area (Å²) < 4.78 is 0. The highest BCUT2D eigenvalue weighted by molar-refractivity contribution is 5.01. The summed E-state index contributed by atoms with van der Waals surface area (Å²) in [5.41, 5.74) is -0.295. The predicted molar refractivity (Wildman–Crippen MR) is 50.4 cm³/mol. The van der Waals surface area contributed by atoms with Gasteiger partial charge in [-0.1, -0.05) is 6.42 Å². The first-order valence-corrected chi connectivity index (χ1v) is 5.11. The summed E-state index contributed by atoms with van der Waals surface area (Å²) in [7, 11) is 0. The fraction of sp³-hybridized carbons (Fsp3) is 1.00. The second-order valence-corrected chi connectivity index (χ2v) is 5.15. The molecule has 1 aliphatic heterocycles. The maximum atomic E-state index is 9.63. The van der Waals surface area contributed by atoms with Crippen molar-refractivity contribution in [2.45, 2.75) is 31.8 Å². The number of aliphatic hydroxyl groups is 2. The van der Waals surface area contributed by atoms with Crippen LogP contribution in [0.15, 0.2) is 0 Å². The molecule has 13 heavy (non-hydrogen) atoms. The van der Waals surface area contributed by atoms with Crippen LogP contribution in [-0.2, 0) is 0 Å². The first kappa shape index (κ1) is 9.44. The molecule has 1 atom stereocenters. The van der Waals surface area contributed by atoms with Crippen molar-refractivity contribution in [1.82, 2.24) is 4.90 Å². The van der Waals surface area contributed by atoms with E-state index in [4.69, 9.17) is 5.11 Å². The smallest absolute Gasteiger partial charge is 0.0975 e. The van der Waals surface area contributed by atoms with Crippen LogP contribution in [0.4, 0.5) is 0 Å². The molecular weight excluding hydrogens is 166 g/mol. The number of likely N-dealkylation sites (tertiary alicyclic amines) is 1. The molecular formula is C10H19NO2.